The molecule has 3 rings (SSSR count). The maximum Gasteiger partial charge on any atom is 0.187 e. The molecule has 0 radical (unpaired) electrons. The van der Waals surface area contributed by atoms with Crippen LogP contribution in [0, 0.1) is 19.7 Å². The van der Waals surface area contributed by atoms with Crippen LogP contribution in [0.4, 0.5) is 10.1 Å². The quantitative estimate of drug-likeness (QED) is 0.734. The van der Waals surface area contributed by atoms with Gasteiger partial charge in [-0.3, -0.25) is 0 Å². The molecular formula is C15H14FN5. The van der Waals surface area contributed by atoms with E-state index in [2.05, 4.69) is 15.5 Å². The van der Waals surface area contributed by atoms with E-state index in [-0.39, 0.29) is 5.82 Å². The molecule has 0 bridgehead atoms. The first kappa shape index (κ1) is 13.2. The van der Waals surface area contributed by atoms with Crippen molar-refractivity contribution in [2.24, 2.45) is 0 Å². The number of hydrogen-bond acceptors (Lipinski definition) is 4. The first-order valence-electron chi connectivity index (χ1n) is 6.47. The predicted octanol–water partition coefficient (Wildman–Crippen LogP) is 2.67. The average Bonchev–Trinajstić information content (AvgIpc) is 2.93. The molecule has 6 heteroatoms. The topological polar surface area (TPSA) is 69.6 Å². The van der Waals surface area contributed by atoms with Crippen LogP contribution in [0.3, 0.4) is 0 Å². The Bertz CT molecular complexity index is 744. The van der Waals surface area contributed by atoms with Crippen LogP contribution in [0.2, 0.25) is 0 Å². The molecule has 2 N–H and O–H groups in total. The Labute approximate surface area is 121 Å². The van der Waals surface area contributed by atoms with E-state index in [1.54, 1.807) is 6.07 Å². The lowest BCUT2D eigenvalue weighted by Gasteiger charge is -2.10. The molecule has 5 nitrogen and oxygen atoms in total. The zero-order valence-corrected chi connectivity index (χ0v) is 11.7. The van der Waals surface area contributed by atoms with Gasteiger partial charge in [-0.1, -0.05) is 12.1 Å². The highest BCUT2D eigenvalue weighted by Crippen LogP contribution is 2.26. The van der Waals surface area contributed by atoms with E-state index in [9.17, 15) is 4.39 Å². The molecule has 0 amide bonds. The van der Waals surface area contributed by atoms with Crippen LogP contribution in [0.25, 0.3) is 17.1 Å². The Morgan fingerprint density at radius 3 is 2.62 bits per heavy atom. The number of nitrogen functional groups attached to an aromatic ring is 1. The van der Waals surface area contributed by atoms with E-state index < -0.39 is 0 Å². The number of hydrogen-bond donors (Lipinski definition) is 1. The number of rotatable bonds is 2. The molecule has 0 saturated carbocycles. The molecule has 0 aliphatic carbocycles. The Morgan fingerprint density at radius 2 is 1.81 bits per heavy atom. The molecule has 0 spiro atoms. The lowest BCUT2D eigenvalue weighted by atomic mass is 10.1. The predicted molar refractivity (Wildman–Crippen MR) is 78.4 cm³/mol. The van der Waals surface area contributed by atoms with Crippen LogP contribution >= 0.6 is 0 Å². The van der Waals surface area contributed by atoms with Crippen molar-refractivity contribution < 1.29 is 4.39 Å². The van der Waals surface area contributed by atoms with Crippen LogP contribution in [-0.2, 0) is 0 Å². The molecule has 21 heavy (non-hydrogen) atoms. The molecular weight excluding hydrogens is 269 g/mol. The van der Waals surface area contributed by atoms with E-state index in [0.29, 0.717) is 17.2 Å². The number of nitrogens with two attached hydrogens (primary N) is 1. The summed E-state index contributed by atoms with van der Waals surface area (Å²) in [6.07, 6.45) is 0. The summed E-state index contributed by atoms with van der Waals surface area (Å²) in [5.74, 6) is 0.204. The minimum atomic E-state index is -0.332. The third kappa shape index (κ3) is 2.35. The number of anilines is 1. The van der Waals surface area contributed by atoms with Crippen molar-refractivity contribution in [1.82, 2.24) is 20.2 Å². The van der Waals surface area contributed by atoms with Gasteiger partial charge in [-0.05, 0) is 59.7 Å². The summed E-state index contributed by atoms with van der Waals surface area (Å²) in [4.78, 5) is 0. The standard InChI is InChI=1S/C15H14FN5/c1-9-4-6-12(17)8-13(9)15-18-19-20-21(15)14-7-11(16)5-3-10(14)2/h3-8H,17H2,1-2H3. The van der Waals surface area contributed by atoms with Crippen LogP contribution in [-0.4, -0.2) is 20.2 Å². The summed E-state index contributed by atoms with van der Waals surface area (Å²) < 4.78 is 15.0. The van der Waals surface area contributed by atoms with E-state index in [1.807, 2.05) is 32.0 Å². The van der Waals surface area contributed by atoms with Gasteiger partial charge >= 0.3 is 0 Å². The molecule has 0 atom stereocenters. The van der Waals surface area contributed by atoms with Gasteiger partial charge in [0.2, 0.25) is 0 Å². The number of aryl methyl sites for hydroxylation is 2. The molecule has 106 valence electrons. The molecule has 0 aliphatic rings. The van der Waals surface area contributed by atoms with Crippen molar-refractivity contribution in [3.8, 4) is 17.1 Å². The number of aromatic nitrogens is 4. The third-order valence-electron chi connectivity index (χ3n) is 3.37. The van der Waals surface area contributed by atoms with E-state index in [1.165, 1.54) is 16.8 Å². The second kappa shape index (κ2) is 4.97. The highest BCUT2D eigenvalue weighted by molar-refractivity contribution is 5.66. The molecule has 1 heterocycles. The molecule has 0 aliphatic heterocycles. The van der Waals surface area contributed by atoms with Gasteiger partial charge < -0.3 is 5.73 Å². The number of tetrazole rings is 1. The van der Waals surface area contributed by atoms with Gasteiger partial charge in [-0.2, -0.15) is 4.68 Å². The summed E-state index contributed by atoms with van der Waals surface area (Å²) in [6.45, 7) is 3.83. The molecule has 0 fully saturated rings. The SMILES string of the molecule is Cc1ccc(N)cc1-c1nnnn1-c1cc(F)ccc1C. The fourth-order valence-electron chi connectivity index (χ4n) is 2.21. The maximum atomic E-state index is 13.5. The van der Waals surface area contributed by atoms with Crippen LogP contribution < -0.4 is 5.73 Å². The van der Waals surface area contributed by atoms with Crippen molar-refractivity contribution in [2.75, 3.05) is 5.73 Å². The normalized spacial score (nSPS) is 10.8. The summed E-state index contributed by atoms with van der Waals surface area (Å²) in [5.41, 5.74) is 9.77. The monoisotopic (exact) mass is 283 g/mol. The van der Waals surface area contributed by atoms with E-state index in [4.69, 9.17) is 5.73 Å². The maximum absolute atomic E-state index is 13.5. The summed E-state index contributed by atoms with van der Waals surface area (Å²) in [6, 6.07) is 10.1. The highest BCUT2D eigenvalue weighted by atomic mass is 19.1. The molecule has 2 aromatic carbocycles. The second-order valence-electron chi connectivity index (χ2n) is 4.92. The Kier molecular flexibility index (Phi) is 3.13. The van der Waals surface area contributed by atoms with Gasteiger partial charge in [0.1, 0.15) is 5.82 Å². The Hall–Kier alpha value is -2.76. The number of benzene rings is 2. The lowest BCUT2D eigenvalue weighted by Crippen LogP contribution is -2.04. The molecule has 1 aromatic heterocycles. The first-order valence-corrected chi connectivity index (χ1v) is 6.47. The van der Waals surface area contributed by atoms with Crippen LogP contribution in [0.15, 0.2) is 36.4 Å². The minimum Gasteiger partial charge on any atom is -0.399 e. The number of halogens is 1. The Balaban J connectivity index is 2.22. The first-order chi connectivity index (χ1) is 10.1. The smallest absolute Gasteiger partial charge is 0.187 e. The number of nitrogens with zero attached hydrogens (tertiary/aromatic N) is 4. The molecule has 3 aromatic rings. The summed E-state index contributed by atoms with van der Waals surface area (Å²) in [7, 11) is 0. The van der Waals surface area contributed by atoms with Crippen molar-refractivity contribution in [3.63, 3.8) is 0 Å². The van der Waals surface area contributed by atoms with Crippen molar-refractivity contribution >= 4 is 5.69 Å². The van der Waals surface area contributed by atoms with Gasteiger partial charge in [-0.25, -0.2) is 4.39 Å². The van der Waals surface area contributed by atoms with Gasteiger partial charge in [0, 0.05) is 11.3 Å². The third-order valence-corrected chi connectivity index (χ3v) is 3.37. The summed E-state index contributed by atoms with van der Waals surface area (Å²) >= 11 is 0. The zero-order valence-electron chi connectivity index (χ0n) is 11.7. The van der Waals surface area contributed by atoms with Gasteiger partial charge in [0.25, 0.3) is 0 Å². The average molecular weight is 283 g/mol. The fourth-order valence-corrected chi connectivity index (χ4v) is 2.21. The molecule has 0 saturated heterocycles. The van der Waals surface area contributed by atoms with Crippen molar-refractivity contribution in [3.05, 3.63) is 53.3 Å². The second-order valence-corrected chi connectivity index (χ2v) is 4.92. The Morgan fingerprint density at radius 1 is 1.05 bits per heavy atom. The summed E-state index contributed by atoms with van der Waals surface area (Å²) in [5, 5.41) is 11.8. The van der Waals surface area contributed by atoms with Gasteiger partial charge in [-0.15, -0.1) is 5.10 Å². The van der Waals surface area contributed by atoms with Crippen LogP contribution in [0.1, 0.15) is 11.1 Å². The van der Waals surface area contributed by atoms with E-state index >= 15 is 0 Å². The largest absolute Gasteiger partial charge is 0.399 e. The van der Waals surface area contributed by atoms with Gasteiger partial charge in [0.05, 0.1) is 5.69 Å². The highest BCUT2D eigenvalue weighted by Gasteiger charge is 2.15. The minimum absolute atomic E-state index is 0.332. The fraction of sp³-hybridized carbons (Fsp3) is 0.133. The van der Waals surface area contributed by atoms with E-state index in [0.717, 1.165) is 16.7 Å². The zero-order chi connectivity index (χ0) is 15.0. The van der Waals surface area contributed by atoms with Crippen molar-refractivity contribution in [1.29, 1.82) is 0 Å². The van der Waals surface area contributed by atoms with Crippen LogP contribution in [0.5, 0.6) is 0 Å². The van der Waals surface area contributed by atoms with Gasteiger partial charge in [0.15, 0.2) is 5.82 Å². The van der Waals surface area contributed by atoms with Crippen molar-refractivity contribution in [2.45, 2.75) is 13.8 Å². The lowest BCUT2D eigenvalue weighted by molar-refractivity contribution is 0.624. The molecule has 0 unspecified atom stereocenters.